The van der Waals surface area contributed by atoms with E-state index < -0.39 is 30.4 Å². The molecule has 0 saturated carbocycles. The van der Waals surface area contributed by atoms with Gasteiger partial charge in [0, 0.05) is 5.56 Å². The highest BCUT2D eigenvalue weighted by atomic mass is 35.5. The number of alkyl halides is 3. The third kappa shape index (κ3) is 4.25. The summed E-state index contributed by atoms with van der Waals surface area (Å²) in [5.41, 5.74) is -1.58. The van der Waals surface area contributed by atoms with Crippen LogP contribution in [-0.4, -0.2) is 35.1 Å². The van der Waals surface area contributed by atoms with Crippen molar-refractivity contribution in [3.05, 3.63) is 35.4 Å². The highest BCUT2D eigenvalue weighted by Gasteiger charge is 2.25. The second-order valence-corrected chi connectivity index (χ2v) is 4.58. The number of rotatable bonds is 6. The molecule has 3 atom stereocenters. The molecule has 20 heavy (non-hydrogen) atoms. The van der Waals surface area contributed by atoms with Crippen LogP contribution in [-0.2, 0) is 4.79 Å². The van der Waals surface area contributed by atoms with E-state index >= 15 is 0 Å². The molecule has 110 valence electrons. The molecule has 4 nitrogen and oxygen atoms in total. The first-order valence-electron chi connectivity index (χ1n) is 5.80. The number of amides is 1. The van der Waals surface area contributed by atoms with Gasteiger partial charge in [-0.3, -0.25) is 9.59 Å². The van der Waals surface area contributed by atoms with Crippen molar-refractivity contribution in [1.29, 1.82) is 0 Å². The summed E-state index contributed by atoms with van der Waals surface area (Å²) in [6.07, 6.45) is -1.37. The first-order valence-corrected chi connectivity index (χ1v) is 6.24. The topological polar surface area (TPSA) is 66.4 Å². The third-order valence-electron chi connectivity index (χ3n) is 2.73. The van der Waals surface area contributed by atoms with Gasteiger partial charge in [0.15, 0.2) is 5.78 Å². The van der Waals surface area contributed by atoms with Crippen LogP contribution >= 0.6 is 11.6 Å². The molecule has 0 aliphatic rings. The second-order valence-electron chi connectivity index (χ2n) is 4.19. The molecule has 0 fully saturated rings. The van der Waals surface area contributed by atoms with E-state index in [0.717, 1.165) is 0 Å². The van der Waals surface area contributed by atoms with E-state index in [-0.39, 0.29) is 5.78 Å². The van der Waals surface area contributed by atoms with Crippen LogP contribution in [0, 0.1) is 0 Å². The van der Waals surface area contributed by atoms with Crippen LogP contribution in [0.1, 0.15) is 28.9 Å². The standard InChI is InChI=1S/C13H14ClF2NO3/c1-7(18)8-2-4-9(5-3-8)11(19)10(6-15)17-13(20)12(14)16/h2-5,10-12,19H,6H2,1H3,(H,17,20)/t10-,11-,12?/m1/s1. The van der Waals surface area contributed by atoms with Crippen molar-refractivity contribution < 1.29 is 23.5 Å². The van der Waals surface area contributed by atoms with Gasteiger partial charge in [-0.2, -0.15) is 0 Å². The largest absolute Gasteiger partial charge is 0.386 e. The van der Waals surface area contributed by atoms with Crippen LogP contribution in [0.15, 0.2) is 24.3 Å². The molecule has 1 unspecified atom stereocenters. The van der Waals surface area contributed by atoms with E-state index in [0.29, 0.717) is 11.1 Å². The fraction of sp³-hybridized carbons (Fsp3) is 0.385. The summed E-state index contributed by atoms with van der Waals surface area (Å²) in [6, 6.07) is 4.49. The van der Waals surface area contributed by atoms with Crippen molar-refractivity contribution in [2.45, 2.75) is 24.7 Å². The van der Waals surface area contributed by atoms with Gasteiger partial charge in [-0.1, -0.05) is 35.9 Å². The Bertz CT molecular complexity index is 479. The minimum atomic E-state index is -2.31. The van der Waals surface area contributed by atoms with Gasteiger partial charge in [0.05, 0.1) is 6.04 Å². The Hall–Kier alpha value is -1.53. The van der Waals surface area contributed by atoms with E-state index in [4.69, 9.17) is 11.6 Å². The SMILES string of the molecule is CC(=O)c1ccc([C@@H](O)[C@@H](CF)NC(=O)C(F)Cl)cc1. The number of ketones is 1. The minimum Gasteiger partial charge on any atom is -0.386 e. The quantitative estimate of drug-likeness (QED) is 0.623. The molecule has 0 aliphatic heterocycles. The van der Waals surface area contributed by atoms with Gasteiger partial charge in [0.25, 0.3) is 11.5 Å². The smallest absolute Gasteiger partial charge is 0.270 e. The van der Waals surface area contributed by atoms with Gasteiger partial charge in [0.1, 0.15) is 12.8 Å². The van der Waals surface area contributed by atoms with Crippen LogP contribution in [0.5, 0.6) is 0 Å². The number of carbonyl (C=O) groups excluding carboxylic acids is 2. The zero-order chi connectivity index (χ0) is 15.3. The Morgan fingerprint density at radius 1 is 1.35 bits per heavy atom. The fourth-order valence-corrected chi connectivity index (χ4v) is 1.66. The monoisotopic (exact) mass is 305 g/mol. The van der Waals surface area contributed by atoms with Crippen molar-refractivity contribution in [3.8, 4) is 0 Å². The van der Waals surface area contributed by atoms with Crippen molar-refractivity contribution in [2.75, 3.05) is 6.67 Å². The summed E-state index contributed by atoms with van der Waals surface area (Å²) in [4.78, 5) is 22.2. The van der Waals surface area contributed by atoms with Crippen molar-refractivity contribution in [3.63, 3.8) is 0 Å². The van der Waals surface area contributed by atoms with E-state index in [9.17, 15) is 23.5 Å². The summed E-state index contributed by atoms with van der Waals surface area (Å²) in [6.45, 7) is 0.295. The highest BCUT2D eigenvalue weighted by molar-refractivity contribution is 6.29. The minimum absolute atomic E-state index is 0.149. The molecule has 0 aromatic heterocycles. The lowest BCUT2D eigenvalue weighted by Crippen LogP contribution is -2.43. The lowest BCUT2D eigenvalue weighted by atomic mass is 10.0. The Kier molecular flexibility index (Phi) is 6.04. The third-order valence-corrected chi connectivity index (χ3v) is 2.93. The maximum Gasteiger partial charge on any atom is 0.270 e. The summed E-state index contributed by atoms with van der Waals surface area (Å²) >= 11 is 4.92. The first kappa shape index (κ1) is 16.5. The fourth-order valence-electron chi connectivity index (χ4n) is 1.59. The first-order chi connectivity index (χ1) is 9.36. The maximum absolute atomic E-state index is 12.8. The van der Waals surface area contributed by atoms with Gasteiger partial charge >= 0.3 is 0 Å². The summed E-state index contributed by atoms with van der Waals surface area (Å²) in [5, 5.41) is 11.9. The molecule has 2 N–H and O–H groups in total. The average Bonchev–Trinajstić information content (AvgIpc) is 2.43. The second kappa shape index (κ2) is 7.31. The molecule has 0 radical (unpaired) electrons. The molecule has 7 heteroatoms. The lowest BCUT2D eigenvalue weighted by Gasteiger charge is -2.22. The zero-order valence-electron chi connectivity index (χ0n) is 10.6. The zero-order valence-corrected chi connectivity index (χ0v) is 11.4. The molecular formula is C13H14ClF2NO3. The van der Waals surface area contributed by atoms with Gasteiger partial charge < -0.3 is 10.4 Å². The van der Waals surface area contributed by atoms with E-state index in [2.05, 4.69) is 0 Å². The maximum atomic E-state index is 12.8. The van der Waals surface area contributed by atoms with E-state index in [1.165, 1.54) is 31.2 Å². The predicted octanol–water partition coefficient (Wildman–Crippen LogP) is 1.91. The highest BCUT2D eigenvalue weighted by Crippen LogP contribution is 2.19. The van der Waals surface area contributed by atoms with Crippen LogP contribution in [0.4, 0.5) is 8.78 Å². The predicted molar refractivity (Wildman–Crippen MR) is 70.1 cm³/mol. The van der Waals surface area contributed by atoms with Crippen molar-refractivity contribution in [2.24, 2.45) is 0 Å². The normalized spacial score (nSPS) is 15.2. The molecule has 0 heterocycles. The number of aliphatic hydroxyl groups excluding tert-OH is 1. The van der Waals surface area contributed by atoms with Crippen LogP contribution in [0.3, 0.4) is 0 Å². The van der Waals surface area contributed by atoms with Crippen LogP contribution < -0.4 is 5.32 Å². The lowest BCUT2D eigenvalue weighted by molar-refractivity contribution is -0.125. The average molecular weight is 306 g/mol. The Morgan fingerprint density at radius 3 is 2.30 bits per heavy atom. The molecule has 0 saturated heterocycles. The number of benzene rings is 1. The summed E-state index contributed by atoms with van der Waals surface area (Å²) in [5.74, 6) is -1.36. The van der Waals surface area contributed by atoms with E-state index in [1.54, 1.807) is 0 Å². The number of aliphatic hydroxyl groups is 1. The number of hydrogen-bond acceptors (Lipinski definition) is 3. The van der Waals surface area contributed by atoms with Gasteiger partial charge in [0.2, 0.25) is 0 Å². The van der Waals surface area contributed by atoms with Crippen LogP contribution in [0.25, 0.3) is 0 Å². The molecule has 1 aromatic rings. The molecule has 1 rings (SSSR count). The summed E-state index contributed by atoms with van der Waals surface area (Å²) < 4.78 is 25.3. The van der Waals surface area contributed by atoms with E-state index in [1.807, 2.05) is 5.32 Å². The number of hydrogen-bond donors (Lipinski definition) is 2. The van der Waals surface area contributed by atoms with Gasteiger partial charge in [-0.15, -0.1) is 0 Å². The molecule has 1 aromatic carbocycles. The van der Waals surface area contributed by atoms with Gasteiger partial charge in [-0.25, -0.2) is 8.78 Å². The number of Topliss-reactive ketones (excluding diaryl/α,β-unsaturated/α-hetero) is 1. The Labute approximate surface area is 119 Å². The van der Waals surface area contributed by atoms with Gasteiger partial charge in [-0.05, 0) is 12.5 Å². The molecule has 0 aliphatic carbocycles. The Balaban J connectivity index is 2.82. The van der Waals surface area contributed by atoms with Crippen LogP contribution in [0.2, 0.25) is 0 Å². The molecule has 1 amide bonds. The summed E-state index contributed by atoms with van der Waals surface area (Å²) in [7, 11) is 0. The van der Waals surface area contributed by atoms with Crippen molar-refractivity contribution in [1.82, 2.24) is 5.32 Å². The molecule has 0 spiro atoms. The molecule has 0 bridgehead atoms. The number of halogens is 3. The Morgan fingerprint density at radius 2 is 1.90 bits per heavy atom. The van der Waals surface area contributed by atoms with Crippen molar-refractivity contribution >= 4 is 23.3 Å². The number of carbonyl (C=O) groups is 2. The number of nitrogens with one attached hydrogen (secondary N) is 1. The molecular weight excluding hydrogens is 292 g/mol.